The summed E-state index contributed by atoms with van der Waals surface area (Å²) in [6, 6.07) is 4.57. The molecule has 0 radical (unpaired) electrons. The van der Waals surface area contributed by atoms with E-state index in [0.717, 1.165) is 19.3 Å². The van der Waals surface area contributed by atoms with Crippen LogP contribution < -0.4 is 14.9 Å². The zero-order valence-corrected chi connectivity index (χ0v) is 25.6. The number of unbranched alkanes of at least 4 members (excludes halogenated alkanes) is 12. The highest BCUT2D eigenvalue weighted by molar-refractivity contribution is 7.44. The van der Waals surface area contributed by atoms with Crippen LogP contribution in [0.5, 0.6) is 5.75 Å². The van der Waals surface area contributed by atoms with Crippen LogP contribution in [0.3, 0.4) is 0 Å². The number of hydrogen-bond acceptors (Lipinski definition) is 6. The Kier molecular flexibility index (Phi) is 16.8. The largest absolute Gasteiger partial charge is 0.756 e. The SMILES string of the molecule is CCCCCCCCCCCCCCCC(=O)Nc1ccc(OC(C[N+](C)(C)C)OP(=O)([O-])O)c(C(C)=O)c1. The van der Waals surface area contributed by atoms with E-state index in [-0.39, 0.29) is 34.0 Å². The second kappa shape index (κ2) is 18.6. The molecule has 224 valence electrons. The number of phosphoric ester groups is 1. The van der Waals surface area contributed by atoms with Crippen LogP contribution in [-0.2, 0) is 13.9 Å². The third kappa shape index (κ3) is 18.2. The van der Waals surface area contributed by atoms with E-state index in [1.54, 1.807) is 27.2 Å². The average molecular weight is 571 g/mol. The summed E-state index contributed by atoms with van der Waals surface area (Å²) in [5.74, 6) is -0.347. The number of hydrogen-bond donors (Lipinski definition) is 2. The Labute approximate surface area is 235 Å². The Balaban J connectivity index is 2.46. The van der Waals surface area contributed by atoms with Gasteiger partial charge in [0.15, 0.2) is 5.78 Å². The minimum absolute atomic E-state index is 0.0851. The number of ether oxygens (including phenoxy) is 1. The molecule has 0 heterocycles. The van der Waals surface area contributed by atoms with E-state index >= 15 is 0 Å². The van der Waals surface area contributed by atoms with Gasteiger partial charge >= 0.3 is 0 Å². The first-order chi connectivity index (χ1) is 18.3. The van der Waals surface area contributed by atoms with Crippen molar-refractivity contribution < 1.29 is 37.7 Å². The highest BCUT2D eigenvalue weighted by Crippen LogP contribution is 2.35. The molecule has 1 amide bonds. The molecule has 2 atom stereocenters. The third-order valence-electron chi connectivity index (χ3n) is 6.36. The number of phosphoric acid groups is 1. The Morgan fingerprint density at radius 2 is 1.46 bits per heavy atom. The maximum Gasteiger partial charge on any atom is 0.268 e. The minimum atomic E-state index is -5.07. The molecule has 0 aliphatic carbocycles. The number of quaternary nitrogens is 1. The fraction of sp³-hybridized carbons (Fsp3) is 0.724. The van der Waals surface area contributed by atoms with Gasteiger partial charge < -0.3 is 24.3 Å². The van der Waals surface area contributed by atoms with Crippen LogP contribution in [0.1, 0.15) is 114 Å². The van der Waals surface area contributed by atoms with Gasteiger partial charge in [-0.05, 0) is 31.5 Å². The fourth-order valence-corrected chi connectivity index (χ4v) is 4.75. The van der Waals surface area contributed by atoms with Crippen LogP contribution in [0.15, 0.2) is 18.2 Å². The Morgan fingerprint density at radius 3 is 1.92 bits per heavy atom. The van der Waals surface area contributed by atoms with Crippen molar-refractivity contribution in [3.05, 3.63) is 23.8 Å². The smallest absolute Gasteiger partial charge is 0.268 e. The summed E-state index contributed by atoms with van der Waals surface area (Å²) in [5, 5.41) is 2.82. The van der Waals surface area contributed by atoms with E-state index in [1.807, 2.05) is 0 Å². The van der Waals surface area contributed by atoms with Gasteiger partial charge in [-0.1, -0.05) is 84.0 Å². The predicted molar refractivity (Wildman–Crippen MR) is 154 cm³/mol. The number of likely N-dealkylation sites (N-methyl/N-ethyl adjacent to an activating group) is 1. The molecule has 0 bridgehead atoms. The van der Waals surface area contributed by atoms with E-state index in [0.29, 0.717) is 12.1 Å². The lowest BCUT2D eigenvalue weighted by atomic mass is 10.0. The first-order valence-electron chi connectivity index (χ1n) is 14.4. The summed E-state index contributed by atoms with van der Waals surface area (Å²) in [6.07, 6.45) is 15.2. The number of carbonyl (C=O) groups excluding carboxylic acids is 2. The molecule has 0 aliphatic rings. The molecule has 0 aromatic heterocycles. The van der Waals surface area contributed by atoms with Crippen LogP contribution in [0, 0.1) is 0 Å². The number of nitrogens with one attached hydrogen (secondary N) is 1. The summed E-state index contributed by atoms with van der Waals surface area (Å²) >= 11 is 0. The highest BCUT2D eigenvalue weighted by atomic mass is 31.2. The molecule has 0 fully saturated rings. The number of Topliss-reactive ketones (excluding diaryl/α,β-unsaturated/α-hetero) is 1. The number of anilines is 1. The maximum absolute atomic E-state index is 12.4. The summed E-state index contributed by atoms with van der Waals surface area (Å²) in [5.41, 5.74) is 0.621. The van der Waals surface area contributed by atoms with Crippen LogP contribution in [0.25, 0.3) is 0 Å². The lowest BCUT2D eigenvalue weighted by Crippen LogP contribution is -2.44. The Morgan fingerprint density at radius 1 is 0.949 bits per heavy atom. The normalized spacial score (nSPS) is 14.0. The van der Waals surface area contributed by atoms with Gasteiger partial charge in [-0.2, -0.15) is 0 Å². The maximum atomic E-state index is 12.4. The van der Waals surface area contributed by atoms with Gasteiger partial charge in [0, 0.05) is 12.1 Å². The molecule has 0 saturated heterocycles. The molecule has 1 aromatic rings. The quantitative estimate of drug-likeness (QED) is 0.0559. The molecule has 0 spiro atoms. The molecule has 1 rings (SSSR count). The zero-order chi connectivity index (χ0) is 29.3. The number of ketones is 1. The molecule has 0 saturated carbocycles. The first-order valence-corrected chi connectivity index (χ1v) is 15.9. The summed E-state index contributed by atoms with van der Waals surface area (Å²) < 4.78 is 22.0. The molecule has 1 aromatic carbocycles. The van der Waals surface area contributed by atoms with Crippen LogP contribution >= 0.6 is 7.82 Å². The second-order valence-corrected chi connectivity index (χ2v) is 12.6. The van der Waals surface area contributed by atoms with Crippen molar-refractivity contribution in [3.63, 3.8) is 0 Å². The number of amides is 1. The van der Waals surface area contributed by atoms with Gasteiger partial charge in [-0.3, -0.25) is 18.7 Å². The van der Waals surface area contributed by atoms with E-state index < -0.39 is 14.1 Å². The standard InChI is InChI=1S/C29H51N2O7P/c1-6-7-8-9-10-11-12-13-14-15-16-17-18-19-28(33)30-25-20-21-27(26(22-25)24(2)32)37-29(23-31(3,4)5)38-39(34,35)36/h20-22,29H,6-19,23H2,1-5H3,(H2-,30,33,34,35,36). The molecule has 9 nitrogen and oxygen atoms in total. The van der Waals surface area contributed by atoms with Crippen molar-refractivity contribution >= 4 is 25.2 Å². The van der Waals surface area contributed by atoms with Gasteiger partial charge in [0.2, 0.25) is 5.91 Å². The summed E-state index contributed by atoms with van der Waals surface area (Å²) in [4.78, 5) is 45.2. The third-order valence-corrected chi connectivity index (χ3v) is 6.86. The topological polar surface area (TPSA) is 125 Å². The molecule has 2 unspecified atom stereocenters. The zero-order valence-electron chi connectivity index (χ0n) is 24.7. The fourth-order valence-electron chi connectivity index (χ4n) is 4.34. The molecular formula is C29H51N2O7P. The number of benzene rings is 1. The van der Waals surface area contributed by atoms with E-state index in [2.05, 4.69) is 12.2 Å². The van der Waals surface area contributed by atoms with Crippen LogP contribution in [-0.4, -0.2) is 55.0 Å². The number of nitrogens with zero attached hydrogens (tertiary/aromatic N) is 1. The highest BCUT2D eigenvalue weighted by Gasteiger charge is 2.26. The molecule has 0 aliphatic heterocycles. The van der Waals surface area contributed by atoms with Gasteiger partial charge in [-0.25, -0.2) is 0 Å². The van der Waals surface area contributed by atoms with Crippen molar-refractivity contribution in [3.8, 4) is 5.75 Å². The van der Waals surface area contributed by atoms with Crippen molar-refractivity contribution in [1.29, 1.82) is 0 Å². The monoisotopic (exact) mass is 570 g/mol. The van der Waals surface area contributed by atoms with E-state index in [9.17, 15) is 19.0 Å². The van der Waals surface area contributed by atoms with Gasteiger partial charge in [0.05, 0.1) is 26.7 Å². The Hall–Kier alpha value is -1.77. The van der Waals surface area contributed by atoms with Gasteiger partial charge in [0.25, 0.3) is 14.1 Å². The van der Waals surface area contributed by atoms with Gasteiger partial charge in [-0.15, -0.1) is 0 Å². The van der Waals surface area contributed by atoms with E-state index in [4.69, 9.17) is 14.2 Å². The lowest BCUT2D eigenvalue weighted by Gasteiger charge is -2.31. The van der Waals surface area contributed by atoms with Crippen molar-refractivity contribution in [2.24, 2.45) is 0 Å². The van der Waals surface area contributed by atoms with Crippen molar-refractivity contribution in [2.75, 3.05) is 33.0 Å². The number of carbonyl (C=O) groups is 2. The summed E-state index contributed by atoms with van der Waals surface area (Å²) in [6.45, 7) is 3.68. The second-order valence-electron chi connectivity index (χ2n) is 11.4. The van der Waals surface area contributed by atoms with Crippen molar-refractivity contribution in [1.82, 2.24) is 0 Å². The van der Waals surface area contributed by atoms with Gasteiger partial charge in [0.1, 0.15) is 12.3 Å². The lowest BCUT2D eigenvalue weighted by molar-refractivity contribution is -0.875. The van der Waals surface area contributed by atoms with Crippen molar-refractivity contribution in [2.45, 2.75) is 110 Å². The van der Waals surface area contributed by atoms with Crippen LogP contribution in [0.2, 0.25) is 0 Å². The summed E-state index contributed by atoms with van der Waals surface area (Å²) in [7, 11) is 0.332. The molecule has 2 N–H and O–H groups in total. The Bertz CT molecular complexity index is 911. The van der Waals surface area contributed by atoms with Crippen LogP contribution in [0.4, 0.5) is 5.69 Å². The minimum Gasteiger partial charge on any atom is -0.756 e. The van der Waals surface area contributed by atoms with E-state index in [1.165, 1.54) is 83.3 Å². The number of rotatable bonds is 22. The average Bonchev–Trinajstić information content (AvgIpc) is 2.80. The first kappa shape index (κ1) is 35.3. The molecule has 39 heavy (non-hydrogen) atoms. The molecule has 10 heteroatoms. The molecular weight excluding hydrogens is 519 g/mol. The predicted octanol–water partition coefficient (Wildman–Crippen LogP) is 6.20.